The lowest BCUT2D eigenvalue weighted by Crippen LogP contribution is -2.28. The molecule has 0 bridgehead atoms. The summed E-state index contributed by atoms with van der Waals surface area (Å²) in [7, 11) is 0. The van der Waals surface area contributed by atoms with E-state index in [-0.39, 0.29) is 12.5 Å². The topological polar surface area (TPSA) is 67.8 Å². The molecule has 1 N–H and O–H groups in total. The van der Waals surface area contributed by atoms with E-state index in [1.807, 2.05) is 20.8 Å². The van der Waals surface area contributed by atoms with E-state index in [0.717, 1.165) is 0 Å². The summed E-state index contributed by atoms with van der Waals surface area (Å²) in [6.07, 6.45) is 1.46. The van der Waals surface area contributed by atoms with Crippen LogP contribution in [-0.2, 0) is 14.3 Å². The van der Waals surface area contributed by atoms with Crippen molar-refractivity contribution in [1.29, 1.82) is 0 Å². The van der Waals surface area contributed by atoms with Crippen LogP contribution in [0.1, 0.15) is 20.8 Å². The fourth-order valence-electron chi connectivity index (χ4n) is 1.29. The number of carbonyl (C=O) groups is 1. The van der Waals surface area contributed by atoms with Gasteiger partial charge in [0.1, 0.15) is 12.1 Å². The van der Waals surface area contributed by atoms with Gasteiger partial charge in [0.25, 0.3) is 0 Å². The van der Waals surface area contributed by atoms with Gasteiger partial charge in [-0.25, -0.2) is 4.79 Å². The maximum Gasteiger partial charge on any atom is 0.325 e. The molecule has 18 heavy (non-hydrogen) atoms. The molecule has 0 heterocycles. The minimum Gasteiger partial charge on any atom is -0.459 e. The number of hydrogen-bond donors (Lipinski definition) is 1. The molecule has 96 valence electrons. The zero-order valence-corrected chi connectivity index (χ0v) is 10.7. The van der Waals surface area contributed by atoms with Crippen LogP contribution in [0.4, 0.5) is 11.4 Å². The van der Waals surface area contributed by atoms with Crippen molar-refractivity contribution < 1.29 is 14.3 Å². The molecule has 1 aromatic rings. The van der Waals surface area contributed by atoms with Crippen molar-refractivity contribution >= 4 is 23.4 Å². The van der Waals surface area contributed by atoms with E-state index in [1.54, 1.807) is 24.3 Å². The highest BCUT2D eigenvalue weighted by Crippen LogP contribution is 2.17. The quantitative estimate of drug-likeness (QED) is 0.504. The Kier molecular flexibility index (Phi) is 4.63. The van der Waals surface area contributed by atoms with Crippen LogP contribution in [0.3, 0.4) is 0 Å². The van der Waals surface area contributed by atoms with Gasteiger partial charge in [0, 0.05) is 5.69 Å². The standard InChI is InChI=1S/C13H16N2O3/c1-13(2,3)18-12(17)8-14-10-5-4-6-11(7-10)15-9-16/h4-7,14H,8H2,1-3H3. The Morgan fingerprint density at radius 3 is 2.78 bits per heavy atom. The first-order valence-electron chi connectivity index (χ1n) is 5.54. The Hall–Kier alpha value is -2.13. The van der Waals surface area contributed by atoms with E-state index < -0.39 is 5.60 Å². The van der Waals surface area contributed by atoms with Crippen LogP contribution in [0.2, 0.25) is 0 Å². The highest BCUT2D eigenvalue weighted by Gasteiger charge is 2.15. The lowest BCUT2D eigenvalue weighted by atomic mass is 10.2. The molecular weight excluding hydrogens is 232 g/mol. The van der Waals surface area contributed by atoms with Crippen molar-refractivity contribution in [3.63, 3.8) is 0 Å². The molecule has 1 aromatic carbocycles. The number of esters is 1. The van der Waals surface area contributed by atoms with E-state index in [9.17, 15) is 9.59 Å². The zero-order chi connectivity index (χ0) is 13.6. The number of nitrogens with zero attached hydrogens (tertiary/aromatic N) is 1. The largest absolute Gasteiger partial charge is 0.459 e. The molecular formula is C13H16N2O3. The molecule has 0 spiro atoms. The van der Waals surface area contributed by atoms with Crippen LogP contribution in [0.15, 0.2) is 29.3 Å². The Labute approximate surface area is 106 Å². The molecule has 0 aromatic heterocycles. The van der Waals surface area contributed by atoms with Crippen LogP contribution < -0.4 is 5.32 Å². The fourth-order valence-corrected chi connectivity index (χ4v) is 1.29. The first-order valence-corrected chi connectivity index (χ1v) is 5.54. The molecule has 5 nitrogen and oxygen atoms in total. The summed E-state index contributed by atoms with van der Waals surface area (Å²) in [6.45, 7) is 5.49. The summed E-state index contributed by atoms with van der Waals surface area (Å²) >= 11 is 0. The van der Waals surface area contributed by atoms with Crippen LogP contribution >= 0.6 is 0 Å². The molecule has 0 saturated carbocycles. The summed E-state index contributed by atoms with van der Waals surface area (Å²) in [6, 6.07) is 6.82. The lowest BCUT2D eigenvalue weighted by molar-refractivity contribution is -0.152. The van der Waals surface area contributed by atoms with E-state index in [1.165, 1.54) is 6.08 Å². The average Bonchev–Trinajstić information content (AvgIpc) is 2.25. The fraction of sp³-hybridized carbons (Fsp3) is 0.385. The number of ether oxygens (including phenoxy) is 1. The van der Waals surface area contributed by atoms with Crippen molar-refractivity contribution in [1.82, 2.24) is 0 Å². The van der Waals surface area contributed by atoms with Crippen LogP contribution in [0.5, 0.6) is 0 Å². The summed E-state index contributed by atoms with van der Waals surface area (Å²) in [4.78, 5) is 25.1. The molecule has 1 rings (SSSR count). The predicted molar refractivity (Wildman–Crippen MR) is 68.6 cm³/mol. The van der Waals surface area contributed by atoms with E-state index >= 15 is 0 Å². The average molecular weight is 248 g/mol. The number of hydrogen-bond acceptors (Lipinski definition) is 5. The van der Waals surface area contributed by atoms with Crippen molar-refractivity contribution in [3.05, 3.63) is 24.3 Å². The summed E-state index contributed by atoms with van der Waals surface area (Å²) < 4.78 is 5.15. The number of carbonyl (C=O) groups excluding carboxylic acids is 2. The van der Waals surface area contributed by atoms with Crippen molar-refractivity contribution in [3.8, 4) is 0 Å². The number of anilines is 1. The monoisotopic (exact) mass is 248 g/mol. The smallest absolute Gasteiger partial charge is 0.325 e. The number of rotatable bonds is 4. The molecule has 0 saturated heterocycles. The third-order valence-corrected chi connectivity index (χ3v) is 1.88. The van der Waals surface area contributed by atoms with Gasteiger partial charge in [-0.1, -0.05) is 6.07 Å². The molecule has 0 aliphatic carbocycles. The molecule has 0 atom stereocenters. The summed E-state index contributed by atoms with van der Waals surface area (Å²) in [5, 5.41) is 2.90. The molecule has 0 unspecified atom stereocenters. The third-order valence-electron chi connectivity index (χ3n) is 1.88. The van der Waals surface area contributed by atoms with Gasteiger partial charge in [0.2, 0.25) is 6.08 Å². The second-order valence-electron chi connectivity index (χ2n) is 4.69. The minimum atomic E-state index is -0.498. The Balaban J connectivity index is 2.56. The summed E-state index contributed by atoms with van der Waals surface area (Å²) in [5.41, 5.74) is 0.680. The number of benzene rings is 1. The molecule has 0 aliphatic rings. The van der Waals surface area contributed by atoms with Gasteiger partial charge in [0.15, 0.2) is 0 Å². The maximum atomic E-state index is 11.5. The Morgan fingerprint density at radius 2 is 2.17 bits per heavy atom. The number of aliphatic imine (C=N–C) groups is 1. The normalized spacial score (nSPS) is 10.4. The Morgan fingerprint density at radius 1 is 1.44 bits per heavy atom. The van der Waals surface area contributed by atoms with Gasteiger partial charge in [-0.15, -0.1) is 0 Å². The zero-order valence-electron chi connectivity index (χ0n) is 10.7. The van der Waals surface area contributed by atoms with Gasteiger partial charge < -0.3 is 10.1 Å². The number of nitrogens with one attached hydrogen (secondary N) is 1. The van der Waals surface area contributed by atoms with Gasteiger partial charge in [-0.2, -0.15) is 4.99 Å². The second-order valence-corrected chi connectivity index (χ2v) is 4.69. The molecule has 0 fully saturated rings. The predicted octanol–water partition coefficient (Wildman–Crippen LogP) is 2.41. The van der Waals surface area contributed by atoms with Crippen LogP contribution in [-0.4, -0.2) is 24.2 Å². The van der Waals surface area contributed by atoms with Crippen molar-refractivity contribution in [2.75, 3.05) is 11.9 Å². The van der Waals surface area contributed by atoms with Crippen molar-refractivity contribution in [2.24, 2.45) is 4.99 Å². The highest BCUT2D eigenvalue weighted by molar-refractivity contribution is 5.75. The van der Waals surface area contributed by atoms with Gasteiger partial charge >= 0.3 is 5.97 Å². The van der Waals surface area contributed by atoms with E-state index in [2.05, 4.69) is 10.3 Å². The first-order chi connectivity index (χ1) is 8.40. The van der Waals surface area contributed by atoms with Crippen molar-refractivity contribution in [2.45, 2.75) is 26.4 Å². The molecule has 0 radical (unpaired) electrons. The highest BCUT2D eigenvalue weighted by atomic mass is 16.6. The SMILES string of the molecule is CC(C)(C)OC(=O)CNc1cccc(N=C=O)c1. The second kappa shape index (κ2) is 5.98. The molecule has 0 aliphatic heterocycles. The van der Waals surface area contributed by atoms with Crippen LogP contribution in [0.25, 0.3) is 0 Å². The number of isocyanates is 1. The Bertz CT molecular complexity index is 471. The summed E-state index contributed by atoms with van der Waals surface area (Å²) in [5.74, 6) is -0.341. The first kappa shape index (κ1) is 13.9. The van der Waals surface area contributed by atoms with Gasteiger partial charge in [-0.05, 0) is 39.0 Å². The van der Waals surface area contributed by atoms with Gasteiger partial charge in [-0.3, -0.25) is 4.79 Å². The molecule has 0 amide bonds. The maximum absolute atomic E-state index is 11.5. The minimum absolute atomic E-state index is 0.0610. The molecule has 5 heteroatoms. The third kappa shape index (κ3) is 5.27. The van der Waals surface area contributed by atoms with E-state index in [4.69, 9.17) is 4.74 Å². The van der Waals surface area contributed by atoms with Gasteiger partial charge in [0.05, 0.1) is 5.69 Å². The lowest BCUT2D eigenvalue weighted by Gasteiger charge is -2.19. The van der Waals surface area contributed by atoms with E-state index in [0.29, 0.717) is 11.4 Å². The van der Waals surface area contributed by atoms with Crippen LogP contribution in [0, 0.1) is 0 Å².